The number of carbonyl (C=O) groups is 1. The molecule has 0 aliphatic heterocycles. The standard InChI is InChI=1S/C11H13ClFN3O/c12-7-3-10(9(14)4-8(7)13)15-5-11(17)16-6-1-2-6/h3-4,6,15H,1-2,5,14H2,(H,16,17). The third kappa shape index (κ3) is 3.23. The second kappa shape index (κ2) is 4.79. The molecule has 17 heavy (non-hydrogen) atoms. The zero-order valence-electron chi connectivity index (χ0n) is 9.09. The molecule has 0 unspecified atom stereocenters. The van der Waals surface area contributed by atoms with Gasteiger partial charge in [0.1, 0.15) is 5.82 Å². The summed E-state index contributed by atoms with van der Waals surface area (Å²) in [6, 6.07) is 2.82. The maximum Gasteiger partial charge on any atom is 0.239 e. The lowest BCUT2D eigenvalue weighted by Gasteiger charge is -2.10. The van der Waals surface area contributed by atoms with Crippen molar-refractivity contribution in [2.45, 2.75) is 18.9 Å². The van der Waals surface area contributed by atoms with E-state index in [0.717, 1.165) is 18.9 Å². The Morgan fingerprint density at radius 3 is 2.88 bits per heavy atom. The second-order valence-electron chi connectivity index (χ2n) is 4.05. The normalized spacial score (nSPS) is 14.5. The number of nitrogens with one attached hydrogen (secondary N) is 2. The fraction of sp³-hybridized carbons (Fsp3) is 0.364. The first kappa shape index (κ1) is 12.0. The summed E-state index contributed by atoms with van der Waals surface area (Å²) in [6.45, 7) is 0.0999. The number of rotatable bonds is 4. The number of carbonyl (C=O) groups excluding carboxylic acids is 1. The molecule has 4 nitrogen and oxygen atoms in total. The number of hydrogen-bond donors (Lipinski definition) is 3. The summed E-state index contributed by atoms with van der Waals surface area (Å²) in [5.41, 5.74) is 6.29. The van der Waals surface area contributed by atoms with Gasteiger partial charge >= 0.3 is 0 Å². The highest BCUT2D eigenvalue weighted by Crippen LogP contribution is 2.26. The molecule has 0 atom stereocenters. The average molecular weight is 258 g/mol. The number of nitrogen functional groups attached to an aromatic ring is 1. The topological polar surface area (TPSA) is 67.1 Å². The van der Waals surface area contributed by atoms with Gasteiger partial charge in [-0.05, 0) is 18.9 Å². The maximum atomic E-state index is 13.0. The van der Waals surface area contributed by atoms with E-state index in [0.29, 0.717) is 11.7 Å². The molecule has 0 bridgehead atoms. The molecule has 92 valence electrons. The highest BCUT2D eigenvalue weighted by molar-refractivity contribution is 6.31. The van der Waals surface area contributed by atoms with E-state index in [9.17, 15) is 9.18 Å². The van der Waals surface area contributed by atoms with Crippen LogP contribution in [0.2, 0.25) is 5.02 Å². The van der Waals surface area contributed by atoms with E-state index in [1.807, 2.05) is 0 Å². The Morgan fingerprint density at radius 2 is 2.24 bits per heavy atom. The highest BCUT2D eigenvalue weighted by atomic mass is 35.5. The fourth-order valence-corrected chi connectivity index (χ4v) is 1.56. The minimum Gasteiger partial charge on any atom is -0.397 e. The number of amides is 1. The van der Waals surface area contributed by atoms with Gasteiger partial charge in [0.25, 0.3) is 0 Å². The van der Waals surface area contributed by atoms with Gasteiger partial charge in [0.15, 0.2) is 0 Å². The summed E-state index contributed by atoms with van der Waals surface area (Å²) >= 11 is 5.62. The van der Waals surface area contributed by atoms with Gasteiger partial charge in [0.05, 0.1) is 22.9 Å². The van der Waals surface area contributed by atoms with Crippen LogP contribution in [-0.4, -0.2) is 18.5 Å². The molecule has 0 radical (unpaired) electrons. The highest BCUT2D eigenvalue weighted by Gasteiger charge is 2.22. The zero-order valence-corrected chi connectivity index (χ0v) is 9.85. The maximum absolute atomic E-state index is 13.0. The number of benzene rings is 1. The number of hydrogen-bond acceptors (Lipinski definition) is 3. The van der Waals surface area contributed by atoms with Gasteiger partial charge in [-0.3, -0.25) is 4.79 Å². The largest absolute Gasteiger partial charge is 0.397 e. The predicted molar refractivity (Wildman–Crippen MR) is 65.5 cm³/mol. The minimum absolute atomic E-state index is 0.0238. The van der Waals surface area contributed by atoms with Crippen LogP contribution >= 0.6 is 11.6 Å². The van der Waals surface area contributed by atoms with Crippen molar-refractivity contribution in [2.24, 2.45) is 0 Å². The molecule has 1 fully saturated rings. The van der Waals surface area contributed by atoms with Crippen LogP contribution in [0.15, 0.2) is 12.1 Å². The summed E-state index contributed by atoms with van der Waals surface area (Å²) in [5.74, 6) is -0.676. The molecule has 2 rings (SSSR count). The van der Waals surface area contributed by atoms with Crippen molar-refractivity contribution < 1.29 is 9.18 Å². The van der Waals surface area contributed by atoms with Crippen LogP contribution in [0.5, 0.6) is 0 Å². The van der Waals surface area contributed by atoms with E-state index in [-0.39, 0.29) is 23.2 Å². The van der Waals surface area contributed by atoms with Crippen LogP contribution < -0.4 is 16.4 Å². The first-order chi connectivity index (χ1) is 8.06. The van der Waals surface area contributed by atoms with Gasteiger partial charge in [-0.15, -0.1) is 0 Å². The van der Waals surface area contributed by atoms with Crippen LogP contribution in [0.1, 0.15) is 12.8 Å². The summed E-state index contributed by atoms with van der Waals surface area (Å²) in [5, 5.41) is 5.62. The molecule has 1 saturated carbocycles. The third-order valence-electron chi connectivity index (χ3n) is 2.47. The predicted octanol–water partition coefficient (Wildman–Crippen LogP) is 1.75. The summed E-state index contributed by atoms with van der Waals surface area (Å²) in [7, 11) is 0. The zero-order chi connectivity index (χ0) is 12.4. The van der Waals surface area contributed by atoms with E-state index >= 15 is 0 Å². The van der Waals surface area contributed by atoms with Crippen molar-refractivity contribution in [3.05, 3.63) is 23.0 Å². The first-order valence-corrected chi connectivity index (χ1v) is 5.72. The first-order valence-electron chi connectivity index (χ1n) is 5.34. The molecular weight excluding hydrogens is 245 g/mol. The number of nitrogens with two attached hydrogens (primary N) is 1. The number of anilines is 2. The quantitative estimate of drug-likeness (QED) is 0.720. The second-order valence-corrected chi connectivity index (χ2v) is 4.46. The van der Waals surface area contributed by atoms with Crippen LogP contribution in [0.25, 0.3) is 0 Å². The molecule has 1 aromatic carbocycles. The molecule has 1 aliphatic rings. The van der Waals surface area contributed by atoms with Crippen molar-refractivity contribution >= 4 is 28.9 Å². The fourth-order valence-electron chi connectivity index (χ4n) is 1.40. The molecule has 1 amide bonds. The van der Waals surface area contributed by atoms with Crippen LogP contribution in [0.3, 0.4) is 0 Å². The van der Waals surface area contributed by atoms with E-state index < -0.39 is 5.82 Å². The van der Waals surface area contributed by atoms with Crippen molar-refractivity contribution in [3.63, 3.8) is 0 Å². The number of halogens is 2. The van der Waals surface area contributed by atoms with Gasteiger partial charge in [0, 0.05) is 12.1 Å². The SMILES string of the molecule is Nc1cc(F)c(Cl)cc1NCC(=O)NC1CC1. The molecule has 0 spiro atoms. The Morgan fingerprint density at radius 1 is 1.53 bits per heavy atom. The van der Waals surface area contributed by atoms with E-state index in [4.69, 9.17) is 17.3 Å². The summed E-state index contributed by atoms with van der Waals surface area (Å²) in [6.07, 6.45) is 2.08. The lowest BCUT2D eigenvalue weighted by atomic mass is 10.2. The lowest BCUT2D eigenvalue weighted by Crippen LogP contribution is -2.31. The molecule has 6 heteroatoms. The third-order valence-corrected chi connectivity index (χ3v) is 2.76. The van der Waals surface area contributed by atoms with Crippen LogP contribution in [0.4, 0.5) is 15.8 Å². The van der Waals surface area contributed by atoms with Gasteiger partial charge in [-0.2, -0.15) is 0 Å². The summed E-state index contributed by atoms with van der Waals surface area (Å²) < 4.78 is 13.0. The average Bonchev–Trinajstić information content (AvgIpc) is 3.05. The monoisotopic (exact) mass is 257 g/mol. The molecule has 0 heterocycles. The Kier molecular flexibility index (Phi) is 3.38. The van der Waals surface area contributed by atoms with E-state index in [1.165, 1.54) is 6.07 Å². The molecule has 4 N–H and O–H groups in total. The van der Waals surface area contributed by atoms with Crippen molar-refractivity contribution in [2.75, 3.05) is 17.6 Å². The summed E-state index contributed by atoms with van der Waals surface area (Å²) in [4.78, 5) is 11.4. The smallest absolute Gasteiger partial charge is 0.239 e. The van der Waals surface area contributed by atoms with Crippen molar-refractivity contribution in [1.29, 1.82) is 0 Å². The minimum atomic E-state index is -0.572. The Balaban J connectivity index is 1.93. The van der Waals surface area contributed by atoms with Crippen molar-refractivity contribution in [3.8, 4) is 0 Å². The Hall–Kier alpha value is -1.49. The van der Waals surface area contributed by atoms with Gasteiger partial charge in [-0.1, -0.05) is 11.6 Å². The van der Waals surface area contributed by atoms with Gasteiger partial charge in [-0.25, -0.2) is 4.39 Å². The molecule has 0 saturated heterocycles. The Bertz CT molecular complexity index is 449. The van der Waals surface area contributed by atoms with Crippen LogP contribution in [0, 0.1) is 5.82 Å². The van der Waals surface area contributed by atoms with Crippen molar-refractivity contribution in [1.82, 2.24) is 5.32 Å². The molecule has 0 aromatic heterocycles. The molecular formula is C11H13ClFN3O. The Labute approximate surface area is 103 Å². The van der Waals surface area contributed by atoms with Gasteiger partial charge < -0.3 is 16.4 Å². The lowest BCUT2D eigenvalue weighted by molar-refractivity contribution is -0.119. The van der Waals surface area contributed by atoms with Gasteiger partial charge in [0.2, 0.25) is 5.91 Å². The van der Waals surface area contributed by atoms with E-state index in [2.05, 4.69) is 10.6 Å². The van der Waals surface area contributed by atoms with Crippen LogP contribution in [-0.2, 0) is 4.79 Å². The molecule has 1 aliphatic carbocycles. The molecule has 1 aromatic rings. The van der Waals surface area contributed by atoms with E-state index in [1.54, 1.807) is 0 Å².